The molecule has 0 fully saturated rings. The zero-order chi connectivity index (χ0) is 15.2. The highest BCUT2D eigenvalue weighted by molar-refractivity contribution is 5.48. The van der Waals surface area contributed by atoms with Crippen molar-refractivity contribution in [1.82, 2.24) is 4.98 Å². The Morgan fingerprint density at radius 2 is 2.14 bits per heavy atom. The van der Waals surface area contributed by atoms with Crippen LogP contribution in [0.25, 0.3) is 0 Å². The number of nitrogens with two attached hydrogens (primary N) is 1. The van der Waals surface area contributed by atoms with Gasteiger partial charge < -0.3 is 15.2 Å². The molecule has 0 aliphatic rings. The molecular weight excluding hydrogens is 274 g/mol. The summed E-state index contributed by atoms with van der Waals surface area (Å²) >= 11 is 0. The summed E-state index contributed by atoms with van der Waals surface area (Å²) in [6, 6.07) is 8.22. The molecule has 21 heavy (non-hydrogen) atoms. The van der Waals surface area contributed by atoms with Crippen LogP contribution < -0.4 is 15.2 Å². The van der Waals surface area contributed by atoms with E-state index < -0.39 is 4.92 Å². The highest BCUT2D eigenvalue weighted by atomic mass is 16.6. The summed E-state index contributed by atoms with van der Waals surface area (Å²) in [7, 11) is 1.39. The number of pyridine rings is 1. The quantitative estimate of drug-likeness (QED) is 0.645. The summed E-state index contributed by atoms with van der Waals surface area (Å²) in [6.45, 7) is 0.569. The van der Waals surface area contributed by atoms with Gasteiger partial charge in [0.1, 0.15) is 12.4 Å². The normalized spacial score (nSPS) is 10.2. The Bertz CT molecular complexity index is 629. The van der Waals surface area contributed by atoms with Crippen LogP contribution in [0.15, 0.2) is 36.5 Å². The fourth-order valence-electron chi connectivity index (χ4n) is 1.75. The van der Waals surface area contributed by atoms with E-state index in [-0.39, 0.29) is 18.0 Å². The van der Waals surface area contributed by atoms with E-state index in [2.05, 4.69) is 4.98 Å². The maximum absolute atomic E-state index is 10.9. The number of rotatable bonds is 6. The van der Waals surface area contributed by atoms with Gasteiger partial charge in [-0.05, 0) is 23.8 Å². The standard InChI is InChI=1S/C14H15N3O4/c1-20-14-5-2-10(6-13(14)17(18)19)9-21-12-4-3-11(7-15)16-8-12/h2-6,8H,7,9,15H2,1H3. The van der Waals surface area contributed by atoms with E-state index in [0.29, 0.717) is 17.9 Å². The largest absolute Gasteiger partial charge is 0.490 e. The first-order chi connectivity index (χ1) is 10.1. The molecule has 0 spiro atoms. The van der Waals surface area contributed by atoms with Crippen molar-refractivity contribution in [1.29, 1.82) is 0 Å². The molecule has 0 radical (unpaired) electrons. The average molecular weight is 289 g/mol. The van der Waals surface area contributed by atoms with Gasteiger partial charge in [0.15, 0.2) is 5.75 Å². The van der Waals surface area contributed by atoms with Gasteiger partial charge >= 0.3 is 5.69 Å². The van der Waals surface area contributed by atoms with Crippen molar-refractivity contribution in [2.24, 2.45) is 5.73 Å². The monoisotopic (exact) mass is 289 g/mol. The third-order valence-electron chi connectivity index (χ3n) is 2.85. The van der Waals surface area contributed by atoms with Gasteiger partial charge in [-0.3, -0.25) is 15.1 Å². The lowest BCUT2D eigenvalue weighted by Gasteiger charge is -2.08. The number of nitrogens with zero attached hydrogens (tertiary/aromatic N) is 2. The van der Waals surface area contributed by atoms with Crippen LogP contribution in [-0.4, -0.2) is 17.0 Å². The first-order valence-corrected chi connectivity index (χ1v) is 6.23. The van der Waals surface area contributed by atoms with Crippen LogP contribution in [-0.2, 0) is 13.2 Å². The molecule has 2 N–H and O–H groups in total. The third-order valence-corrected chi connectivity index (χ3v) is 2.85. The Morgan fingerprint density at radius 3 is 2.71 bits per heavy atom. The second-order valence-corrected chi connectivity index (χ2v) is 4.24. The number of nitro benzene ring substituents is 1. The zero-order valence-electron chi connectivity index (χ0n) is 11.5. The maximum Gasteiger partial charge on any atom is 0.311 e. The van der Waals surface area contributed by atoms with Crippen LogP contribution in [0.1, 0.15) is 11.3 Å². The Labute approximate surface area is 121 Å². The minimum atomic E-state index is -0.486. The molecule has 1 heterocycles. The van der Waals surface area contributed by atoms with E-state index in [4.69, 9.17) is 15.2 Å². The molecule has 0 amide bonds. The Morgan fingerprint density at radius 1 is 1.33 bits per heavy atom. The van der Waals surface area contributed by atoms with Crippen molar-refractivity contribution in [3.05, 3.63) is 57.9 Å². The van der Waals surface area contributed by atoms with Crippen molar-refractivity contribution < 1.29 is 14.4 Å². The second-order valence-electron chi connectivity index (χ2n) is 4.24. The minimum Gasteiger partial charge on any atom is -0.490 e. The highest BCUT2D eigenvalue weighted by Crippen LogP contribution is 2.27. The summed E-state index contributed by atoms with van der Waals surface area (Å²) in [5, 5.41) is 10.9. The number of aromatic nitrogens is 1. The van der Waals surface area contributed by atoms with E-state index in [1.165, 1.54) is 13.2 Å². The Balaban J connectivity index is 2.08. The smallest absolute Gasteiger partial charge is 0.311 e. The van der Waals surface area contributed by atoms with E-state index in [0.717, 1.165) is 5.69 Å². The first kappa shape index (κ1) is 14.7. The molecule has 7 heteroatoms. The molecule has 0 aliphatic carbocycles. The molecule has 0 atom stereocenters. The molecular formula is C14H15N3O4. The van der Waals surface area contributed by atoms with Crippen molar-refractivity contribution in [2.45, 2.75) is 13.2 Å². The van der Waals surface area contributed by atoms with E-state index in [1.807, 2.05) is 0 Å². The Kier molecular flexibility index (Phi) is 4.68. The van der Waals surface area contributed by atoms with Crippen molar-refractivity contribution in [2.75, 3.05) is 7.11 Å². The van der Waals surface area contributed by atoms with Gasteiger partial charge in [-0.15, -0.1) is 0 Å². The van der Waals surface area contributed by atoms with Crippen LogP contribution in [0.5, 0.6) is 11.5 Å². The summed E-state index contributed by atoms with van der Waals surface area (Å²) in [6.07, 6.45) is 1.57. The average Bonchev–Trinajstić information content (AvgIpc) is 2.53. The second kappa shape index (κ2) is 6.67. The van der Waals surface area contributed by atoms with Gasteiger partial charge in [-0.25, -0.2) is 0 Å². The van der Waals surface area contributed by atoms with Crippen LogP contribution in [0, 0.1) is 10.1 Å². The molecule has 0 unspecified atom stereocenters. The molecule has 0 bridgehead atoms. The first-order valence-electron chi connectivity index (χ1n) is 6.23. The zero-order valence-corrected chi connectivity index (χ0v) is 11.5. The lowest BCUT2D eigenvalue weighted by Crippen LogP contribution is -2.01. The molecule has 0 saturated carbocycles. The van der Waals surface area contributed by atoms with Gasteiger partial charge in [0.05, 0.1) is 23.9 Å². The van der Waals surface area contributed by atoms with Gasteiger partial charge in [0.25, 0.3) is 0 Å². The lowest BCUT2D eigenvalue weighted by atomic mass is 10.2. The fraction of sp³-hybridized carbons (Fsp3) is 0.214. The topological polar surface area (TPSA) is 101 Å². The van der Waals surface area contributed by atoms with Crippen molar-refractivity contribution in [3.8, 4) is 11.5 Å². The Hall–Kier alpha value is -2.67. The van der Waals surface area contributed by atoms with Gasteiger partial charge in [0, 0.05) is 12.6 Å². The van der Waals surface area contributed by atoms with Gasteiger partial charge in [0.2, 0.25) is 0 Å². The third kappa shape index (κ3) is 3.67. The molecule has 2 aromatic rings. The molecule has 0 saturated heterocycles. The molecule has 2 rings (SSSR count). The molecule has 0 aliphatic heterocycles. The van der Waals surface area contributed by atoms with Crippen LogP contribution in [0.2, 0.25) is 0 Å². The van der Waals surface area contributed by atoms with E-state index >= 15 is 0 Å². The number of ether oxygens (including phenoxy) is 2. The molecule has 7 nitrogen and oxygen atoms in total. The summed E-state index contributed by atoms with van der Waals surface area (Å²) < 4.78 is 10.5. The number of hydrogen-bond donors (Lipinski definition) is 1. The molecule has 110 valence electrons. The fourth-order valence-corrected chi connectivity index (χ4v) is 1.75. The predicted octanol–water partition coefficient (Wildman–Crippen LogP) is 2.04. The highest BCUT2D eigenvalue weighted by Gasteiger charge is 2.15. The van der Waals surface area contributed by atoms with Crippen LogP contribution >= 0.6 is 0 Å². The van der Waals surface area contributed by atoms with Crippen LogP contribution in [0.3, 0.4) is 0 Å². The predicted molar refractivity (Wildman–Crippen MR) is 76.1 cm³/mol. The summed E-state index contributed by atoms with van der Waals surface area (Å²) in [5.74, 6) is 0.795. The van der Waals surface area contributed by atoms with Crippen LogP contribution in [0.4, 0.5) is 5.69 Å². The van der Waals surface area contributed by atoms with E-state index in [9.17, 15) is 10.1 Å². The summed E-state index contributed by atoms with van der Waals surface area (Å²) in [4.78, 5) is 14.6. The van der Waals surface area contributed by atoms with E-state index in [1.54, 1.807) is 30.5 Å². The van der Waals surface area contributed by atoms with Gasteiger partial charge in [-0.2, -0.15) is 0 Å². The van der Waals surface area contributed by atoms with Crippen molar-refractivity contribution >= 4 is 5.69 Å². The number of methoxy groups -OCH3 is 1. The molecule has 1 aromatic carbocycles. The molecule has 1 aromatic heterocycles. The van der Waals surface area contributed by atoms with Crippen molar-refractivity contribution in [3.63, 3.8) is 0 Å². The number of nitro groups is 1. The maximum atomic E-state index is 10.9. The number of hydrogen-bond acceptors (Lipinski definition) is 6. The lowest BCUT2D eigenvalue weighted by molar-refractivity contribution is -0.385. The minimum absolute atomic E-state index is 0.0878. The summed E-state index contributed by atoms with van der Waals surface area (Å²) in [5.41, 5.74) is 6.81. The SMILES string of the molecule is COc1ccc(COc2ccc(CN)nc2)cc1[N+](=O)[O-]. The number of benzene rings is 1. The van der Waals surface area contributed by atoms with Gasteiger partial charge in [-0.1, -0.05) is 6.07 Å².